The average Bonchev–Trinajstić information content (AvgIpc) is 2.65. The first kappa shape index (κ1) is 17.9. The number of piperidine rings is 1. The number of hydrogen-bond donors (Lipinski definition) is 0. The number of rotatable bonds is 5. The molecule has 134 valence electrons. The predicted molar refractivity (Wildman–Crippen MR) is 102 cm³/mol. The molecule has 0 N–H and O–H groups in total. The first-order valence-electron chi connectivity index (χ1n) is 9.00. The number of carbonyl (C=O) groups excluding carboxylic acids is 1. The van der Waals surface area contributed by atoms with Crippen LogP contribution in [0.15, 0.2) is 24.5 Å². The van der Waals surface area contributed by atoms with Crippen LogP contribution >= 0.6 is 11.6 Å². The topological polar surface area (TPSA) is 49.3 Å². The number of halogens is 1. The van der Waals surface area contributed by atoms with Gasteiger partial charge in [0, 0.05) is 43.0 Å². The van der Waals surface area contributed by atoms with Gasteiger partial charge in [0.05, 0.1) is 5.52 Å². The Kier molecular flexibility index (Phi) is 5.74. The van der Waals surface area contributed by atoms with Crippen molar-refractivity contribution < 1.29 is 4.79 Å². The van der Waals surface area contributed by atoms with Crippen LogP contribution < -0.4 is 4.90 Å². The van der Waals surface area contributed by atoms with Crippen LogP contribution in [0.25, 0.3) is 10.9 Å². The van der Waals surface area contributed by atoms with Crippen molar-refractivity contribution in [2.45, 2.75) is 32.6 Å². The van der Waals surface area contributed by atoms with Crippen LogP contribution in [0.2, 0.25) is 5.02 Å². The second-order valence-electron chi connectivity index (χ2n) is 6.73. The Morgan fingerprint density at radius 1 is 1.32 bits per heavy atom. The number of unbranched alkanes of at least 4 members (excludes halogenated alkanes) is 1. The Balaban J connectivity index is 1.68. The lowest BCUT2D eigenvalue weighted by atomic mass is 9.95. The highest BCUT2D eigenvalue weighted by molar-refractivity contribution is 6.31. The van der Waals surface area contributed by atoms with E-state index in [9.17, 15) is 4.79 Å². The van der Waals surface area contributed by atoms with Gasteiger partial charge in [-0.3, -0.25) is 4.79 Å². The Labute approximate surface area is 154 Å². The lowest BCUT2D eigenvalue weighted by Crippen LogP contribution is -2.41. The van der Waals surface area contributed by atoms with Crippen molar-refractivity contribution in [2.75, 3.05) is 31.6 Å². The lowest BCUT2D eigenvalue weighted by molar-refractivity contribution is -0.134. The van der Waals surface area contributed by atoms with Crippen molar-refractivity contribution in [3.05, 3.63) is 29.5 Å². The largest absolute Gasteiger partial charge is 0.356 e. The van der Waals surface area contributed by atoms with Crippen LogP contribution in [-0.4, -0.2) is 47.5 Å². The van der Waals surface area contributed by atoms with Crippen molar-refractivity contribution in [1.82, 2.24) is 14.9 Å². The highest BCUT2D eigenvalue weighted by Crippen LogP contribution is 2.29. The van der Waals surface area contributed by atoms with Crippen LogP contribution in [0.3, 0.4) is 0 Å². The zero-order chi connectivity index (χ0) is 17.8. The summed E-state index contributed by atoms with van der Waals surface area (Å²) in [6.07, 6.45) is 5.50. The Morgan fingerprint density at radius 2 is 2.08 bits per heavy atom. The van der Waals surface area contributed by atoms with E-state index in [1.807, 2.05) is 30.1 Å². The summed E-state index contributed by atoms with van der Waals surface area (Å²) in [5.74, 6) is 1.35. The number of amides is 1. The highest BCUT2D eigenvalue weighted by atomic mass is 35.5. The molecule has 0 bridgehead atoms. The molecule has 5 nitrogen and oxygen atoms in total. The van der Waals surface area contributed by atoms with Gasteiger partial charge in [0.2, 0.25) is 5.91 Å². The van der Waals surface area contributed by atoms with Gasteiger partial charge in [0.15, 0.2) is 0 Å². The van der Waals surface area contributed by atoms with Crippen LogP contribution in [0.1, 0.15) is 32.6 Å². The van der Waals surface area contributed by atoms with E-state index in [1.54, 1.807) is 6.33 Å². The fourth-order valence-electron chi connectivity index (χ4n) is 3.42. The second-order valence-corrected chi connectivity index (χ2v) is 7.17. The van der Waals surface area contributed by atoms with Gasteiger partial charge in [0.25, 0.3) is 0 Å². The lowest BCUT2D eigenvalue weighted by Gasteiger charge is -2.34. The molecule has 2 heterocycles. The summed E-state index contributed by atoms with van der Waals surface area (Å²) in [5.41, 5.74) is 0.856. The quantitative estimate of drug-likeness (QED) is 0.814. The molecule has 1 aliphatic rings. The van der Waals surface area contributed by atoms with Gasteiger partial charge in [-0.2, -0.15) is 0 Å². The van der Waals surface area contributed by atoms with Crippen molar-refractivity contribution in [3.63, 3.8) is 0 Å². The van der Waals surface area contributed by atoms with E-state index in [4.69, 9.17) is 11.6 Å². The van der Waals surface area contributed by atoms with E-state index in [1.165, 1.54) is 0 Å². The predicted octanol–water partition coefficient (Wildman–Crippen LogP) is 3.76. The van der Waals surface area contributed by atoms with Crippen LogP contribution in [0.5, 0.6) is 0 Å². The molecule has 0 spiro atoms. The van der Waals surface area contributed by atoms with Gasteiger partial charge < -0.3 is 9.80 Å². The van der Waals surface area contributed by atoms with Crippen molar-refractivity contribution in [3.8, 4) is 0 Å². The van der Waals surface area contributed by atoms with Crippen molar-refractivity contribution >= 4 is 34.2 Å². The molecule has 3 rings (SSSR count). The highest BCUT2D eigenvalue weighted by Gasteiger charge is 2.28. The van der Waals surface area contributed by atoms with Gasteiger partial charge in [-0.15, -0.1) is 0 Å². The van der Waals surface area contributed by atoms with Crippen LogP contribution in [0, 0.1) is 5.92 Å². The van der Waals surface area contributed by atoms with Crippen LogP contribution in [-0.2, 0) is 4.79 Å². The summed E-state index contributed by atoms with van der Waals surface area (Å²) >= 11 is 6.06. The zero-order valence-corrected chi connectivity index (χ0v) is 15.7. The molecule has 0 radical (unpaired) electrons. The summed E-state index contributed by atoms with van der Waals surface area (Å²) in [7, 11) is 1.92. The van der Waals surface area contributed by atoms with E-state index in [0.717, 1.165) is 62.0 Å². The fourth-order valence-corrected chi connectivity index (χ4v) is 3.59. The average molecular weight is 361 g/mol. The third-order valence-corrected chi connectivity index (χ3v) is 5.18. The molecule has 1 fully saturated rings. The standard InChI is InChI=1S/C19H25ClN4O/c1-3-4-9-23(2)19(25)14-7-10-24(11-8-14)18-16-6-5-15(20)12-17(16)21-13-22-18/h5-6,12-14H,3-4,7-11H2,1-2H3. The molecule has 2 aromatic rings. The number of anilines is 1. The summed E-state index contributed by atoms with van der Waals surface area (Å²) in [5, 5.41) is 1.69. The molecular formula is C19H25ClN4O. The molecule has 0 saturated carbocycles. The minimum Gasteiger partial charge on any atom is -0.356 e. The molecule has 1 aromatic carbocycles. The number of fused-ring (bicyclic) bond motifs is 1. The third kappa shape index (κ3) is 4.03. The summed E-state index contributed by atoms with van der Waals surface area (Å²) in [6.45, 7) is 4.68. The fraction of sp³-hybridized carbons (Fsp3) is 0.526. The van der Waals surface area contributed by atoms with Gasteiger partial charge in [0.1, 0.15) is 12.1 Å². The zero-order valence-electron chi connectivity index (χ0n) is 14.9. The third-order valence-electron chi connectivity index (χ3n) is 4.94. The molecule has 1 aliphatic heterocycles. The van der Waals surface area contributed by atoms with Crippen molar-refractivity contribution in [2.24, 2.45) is 5.92 Å². The molecule has 1 aromatic heterocycles. The molecule has 0 aliphatic carbocycles. The van der Waals surface area contributed by atoms with Crippen molar-refractivity contribution in [1.29, 1.82) is 0 Å². The van der Waals surface area contributed by atoms with Crippen LogP contribution in [0.4, 0.5) is 5.82 Å². The van der Waals surface area contributed by atoms with Gasteiger partial charge in [-0.05, 0) is 37.5 Å². The molecule has 0 unspecified atom stereocenters. The first-order chi connectivity index (χ1) is 12.1. The van der Waals surface area contributed by atoms with E-state index >= 15 is 0 Å². The van der Waals surface area contributed by atoms with Gasteiger partial charge in [-0.25, -0.2) is 9.97 Å². The number of hydrogen-bond acceptors (Lipinski definition) is 4. The molecular weight excluding hydrogens is 336 g/mol. The maximum atomic E-state index is 12.6. The number of carbonyl (C=O) groups is 1. The van der Waals surface area contributed by atoms with Gasteiger partial charge >= 0.3 is 0 Å². The second kappa shape index (κ2) is 8.00. The Morgan fingerprint density at radius 3 is 2.80 bits per heavy atom. The maximum Gasteiger partial charge on any atom is 0.225 e. The van der Waals surface area contributed by atoms with E-state index < -0.39 is 0 Å². The van der Waals surface area contributed by atoms with Gasteiger partial charge in [-0.1, -0.05) is 24.9 Å². The maximum absolute atomic E-state index is 12.6. The van der Waals surface area contributed by atoms with E-state index in [2.05, 4.69) is 21.8 Å². The number of nitrogens with zero attached hydrogens (tertiary/aromatic N) is 4. The number of aromatic nitrogens is 2. The molecule has 0 atom stereocenters. The Hall–Kier alpha value is -1.88. The summed E-state index contributed by atoms with van der Waals surface area (Å²) in [4.78, 5) is 25.5. The minimum absolute atomic E-state index is 0.126. The number of benzene rings is 1. The summed E-state index contributed by atoms with van der Waals surface area (Å²) in [6, 6.07) is 5.71. The molecule has 1 saturated heterocycles. The normalized spacial score (nSPS) is 15.6. The minimum atomic E-state index is 0.126. The Bertz CT molecular complexity index is 743. The first-order valence-corrected chi connectivity index (χ1v) is 9.38. The van der Waals surface area contributed by atoms with E-state index in [-0.39, 0.29) is 11.8 Å². The molecule has 1 amide bonds. The smallest absolute Gasteiger partial charge is 0.225 e. The molecule has 6 heteroatoms. The van der Waals surface area contributed by atoms with E-state index in [0.29, 0.717) is 5.02 Å². The summed E-state index contributed by atoms with van der Waals surface area (Å²) < 4.78 is 0. The molecule has 25 heavy (non-hydrogen) atoms. The monoisotopic (exact) mass is 360 g/mol. The SMILES string of the molecule is CCCCN(C)C(=O)C1CCN(c2ncnc3cc(Cl)ccc23)CC1.